The molecule has 2 unspecified atom stereocenters. The van der Waals surface area contributed by atoms with Crippen LogP contribution in [0.1, 0.15) is 27.4 Å². The average Bonchev–Trinajstić information content (AvgIpc) is 3.37. The van der Waals surface area contributed by atoms with E-state index in [0.29, 0.717) is 10.6 Å². The van der Waals surface area contributed by atoms with Gasteiger partial charge < -0.3 is 10.6 Å². The molecule has 0 heterocycles. The number of rotatable bonds is 5. The van der Waals surface area contributed by atoms with Crippen molar-refractivity contribution in [2.75, 3.05) is 10.6 Å². The van der Waals surface area contributed by atoms with E-state index < -0.39 is 33.8 Å². The molecule has 2 N–H and O–H groups in total. The molecule has 0 aromatic heterocycles. The monoisotopic (exact) mass is 613 g/mol. The number of hydrogen-bond donors (Lipinski definition) is 2. The zero-order chi connectivity index (χ0) is 25.5. The number of nitriles is 1. The molecule has 0 aliphatic heterocycles. The van der Waals surface area contributed by atoms with Crippen LogP contribution in [0.25, 0.3) is 0 Å². The van der Waals surface area contributed by atoms with Gasteiger partial charge in [-0.2, -0.15) is 5.26 Å². The van der Waals surface area contributed by atoms with Gasteiger partial charge in [-0.25, -0.2) is 4.39 Å². The van der Waals surface area contributed by atoms with Gasteiger partial charge in [-0.3, -0.25) is 9.59 Å². The predicted octanol–water partition coefficient (Wildman–Crippen LogP) is 7.54. The second kappa shape index (κ2) is 9.96. The van der Waals surface area contributed by atoms with Gasteiger partial charge in [0, 0.05) is 21.1 Å². The number of benzene rings is 3. The Hall–Kier alpha value is -2.34. The van der Waals surface area contributed by atoms with E-state index in [-0.39, 0.29) is 27.5 Å². The van der Waals surface area contributed by atoms with Crippen LogP contribution in [-0.4, -0.2) is 16.1 Å². The van der Waals surface area contributed by atoms with Gasteiger partial charge >= 0.3 is 0 Å². The molecule has 0 radical (unpaired) electrons. The van der Waals surface area contributed by atoms with Crippen LogP contribution >= 0.6 is 62.3 Å². The van der Waals surface area contributed by atoms with Crippen LogP contribution in [-0.2, 0) is 4.79 Å². The van der Waals surface area contributed by atoms with Crippen LogP contribution in [0.3, 0.4) is 0 Å². The summed E-state index contributed by atoms with van der Waals surface area (Å²) < 4.78 is 12.8. The molecule has 1 fully saturated rings. The second-order valence-corrected chi connectivity index (χ2v) is 11.0. The summed E-state index contributed by atoms with van der Waals surface area (Å²) in [6.45, 7) is 0. The Kier molecular flexibility index (Phi) is 7.33. The fraction of sp³-hybridized carbons (Fsp3) is 0.125. The molecule has 1 saturated carbocycles. The van der Waals surface area contributed by atoms with Gasteiger partial charge in [0.15, 0.2) is 0 Å². The van der Waals surface area contributed by atoms with Crippen molar-refractivity contribution in [1.29, 1.82) is 5.26 Å². The number of anilines is 2. The van der Waals surface area contributed by atoms with Gasteiger partial charge in [-0.05, 0) is 60.2 Å². The van der Waals surface area contributed by atoms with Crippen LogP contribution in [0.5, 0.6) is 0 Å². The molecule has 0 saturated heterocycles. The minimum atomic E-state index is -1.34. The standard InChI is InChI=1S/C24H13BrCl4FN3O2/c25-13-5-11(6-14(26)8-13)20-21(24(20,28)29)23(35)32-16-2-3-18(27)17(9-16)22(34)33-19-4-1-15(30)7-12(19)10-31/h1-9,20-21H,(H,32,35)(H,33,34). The molecular weight excluding hydrogens is 603 g/mol. The summed E-state index contributed by atoms with van der Waals surface area (Å²) in [6, 6.07) is 14.7. The summed E-state index contributed by atoms with van der Waals surface area (Å²) in [5, 5.41) is 15.0. The van der Waals surface area contributed by atoms with Gasteiger partial charge in [0.2, 0.25) is 5.91 Å². The van der Waals surface area contributed by atoms with Crippen molar-refractivity contribution in [2.24, 2.45) is 5.92 Å². The number of alkyl halides is 2. The van der Waals surface area contributed by atoms with E-state index in [2.05, 4.69) is 26.6 Å². The first-order valence-corrected chi connectivity index (χ1v) is 12.3. The second-order valence-electron chi connectivity index (χ2n) is 7.77. The maximum Gasteiger partial charge on any atom is 0.257 e. The first kappa shape index (κ1) is 25.7. The Balaban J connectivity index is 1.53. The lowest BCUT2D eigenvalue weighted by molar-refractivity contribution is -0.117. The molecule has 2 atom stereocenters. The van der Waals surface area contributed by atoms with Crippen LogP contribution in [0.15, 0.2) is 59.1 Å². The summed E-state index contributed by atoms with van der Waals surface area (Å²) in [7, 11) is 0. The number of amides is 2. The third-order valence-electron chi connectivity index (χ3n) is 5.41. The third kappa shape index (κ3) is 5.42. The van der Waals surface area contributed by atoms with E-state index in [1.54, 1.807) is 18.2 Å². The molecule has 1 aliphatic rings. The van der Waals surface area contributed by atoms with Gasteiger partial charge in [-0.1, -0.05) is 39.1 Å². The van der Waals surface area contributed by atoms with E-state index in [4.69, 9.17) is 46.4 Å². The molecule has 35 heavy (non-hydrogen) atoms. The number of carbonyl (C=O) groups is 2. The zero-order valence-corrected chi connectivity index (χ0v) is 22.0. The summed E-state index contributed by atoms with van der Waals surface area (Å²) in [4.78, 5) is 25.8. The first-order chi connectivity index (χ1) is 16.5. The van der Waals surface area contributed by atoms with E-state index in [9.17, 15) is 19.2 Å². The minimum absolute atomic E-state index is 0.0341. The van der Waals surface area contributed by atoms with Crippen molar-refractivity contribution < 1.29 is 14.0 Å². The highest BCUT2D eigenvalue weighted by Gasteiger charge is 2.67. The van der Waals surface area contributed by atoms with Crippen molar-refractivity contribution >= 4 is 85.5 Å². The maximum absolute atomic E-state index is 13.4. The van der Waals surface area contributed by atoms with E-state index in [0.717, 1.165) is 16.6 Å². The van der Waals surface area contributed by atoms with Gasteiger partial charge in [0.1, 0.15) is 16.2 Å². The van der Waals surface area contributed by atoms with Crippen LogP contribution in [0.2, 0.25) is 10.0 Å². The van der Waals surface area contributed by atoms with Crippen LogP contribution in [0, 0.1) is 23.1 Å². The zero-order valence-electron chi connectivity index (χ0n) is 17.4. The molecule has 0 bridgehead atoms. The molecule has 5 nitrogen and oxygen atoms in total. The number of nitrogens with zero attached hydrogens (tertiary/aromatic N) is 1. The Labute approximate surface area is 228 Å². The highest BCUT2D eigenvalue weighted by Crippen LogP contribution is 2.65. The van der Waals surface area contributed by atoms with E-state index >= 15 is 0 Å². The molecule has 4 rings (SSSR count). The number of carbonyl (C=O) groups excluding carboxylic acids is 2. The highest BCUT2D eigenvalue weighted by molar-refractivity contribution is 9.10. The molecule has 1 aliphatic carbocycles. The minimum Gasteiger partial charge on any atom is -0.326 e. The number of halogens is 6. The summed E-state index contributed by atoms with van der Waals surface area (Å²) in [5.74, 6) is -2.96. The molecule has 178 valence electrons. The summed E-state index contributed by atoms with van der Waals surface area (Å²) >= 11 is 28.5. The van der Waals surface area contributed by atoms with E-state index in [1.165, 1.54) is 24.3 Å². The third-order valence-corrected chi connectivity index (χ3v) is 7.35. The van der Waals surface area contributed by atoms with Gasteiger partial charge in [-0.15, -0.1) is 23.2 Å². The van der Waals surface area contributed by atoms with Crippen molar-refractivity contribution in [3.8, 4) is 6.07 Å². The Morgan fingerprint density at radius 1 is 1.03 bits per heavy atom. The molecule has 3 aromatic carbocycles. The van der Waals surface area contributed by atoms with E-state index in [1.807, 2.05) is 6.07 Å². The number of nitrogens with one attached hydrogen (secondary N) is 2. The van der Waals surface area contributed by atoms with Crippen LogP contribution in [0.4, 0.5) is 15.8 Å². The average molecular weight is 616 g/mol. The molecule has 2 amide bonds. The number of hydrogen-bond acceptors (Lipinski definition) is 3. The fourth-order valence-electron chi connectivity index (χ4n) is 3.73. The molecular formula is C24H13BrCl4FN3O2. The molecule has 3 aromatic rings. The topological polar surface area (TPSA) is 82.0 Å². The predicted molar refractivity (Wildman–Crippen MR) is 139 cm³/mol. The van der Waals surface area contributed by atoms with Crippen LogP contribution < -0.4 is 10.6 Å². The quantitative estimate of drug-likeness (QED) is 0.291. The largest absolute Gasteiger partial charge is 0.326 e. The van der Waals surface area contributed by atoms with Crippen molar-refractivity contribution in [3.63, 3.8) is 0 Å². The Morgan fingerprint density at radius 3 is 2.46 bits per heavy atom. The van der Waals surface area contributed by atoms with Gasteiger partial charge in [0.05, 0.1) is 27.8 Å². The smallest absolute Gasteiger partial charge is 0.257 e. The van der Waals surface area contributed by atoms with Gasteiger partial charge in [0.25, 0.3) is 5.91 Å². The fourth-order valence-corrected chi connectivity index (χ4v) is 5.64. The molecule has 11 heteroatoms. The lowest BCUT2D eigenvalue weighted by atomic mass is 10.1. The molecule has 0 spiro atoms. The lowest BCUT2D eigenvalue weighted by Crippen LogP contribution is -2.18. The SMILES string of the molecule is N#Cc1cc(F)ccc1NC(=O)c1cc(NC(=O)C2C(c3cc(Cl)cc(Br)c3)C2(Cl)Cl)ccc1Cl. The summed E-state index contributed by atoms with van der Waals surface area (Å²) in [6.07, 6.45) is 0. The Morgan fingerprint density at radius 2 is 1.77 bits per heavy atom. The summed E-state index contributed by atoms with van der Waals surface area (Å²) in [5.41, 5.74) is 1.09. The van der Waals surface area contributed by atoms with Crippen molar-refractivity contribution in [2.45, 2.75) is 10.3 Å². The normalized spacial score (nSPS) is 17.9. The Bertz CT molecular complexity index is 1390. The first-order valence-electron chi connectivity index (χ1n) is 9.96. The maximum atomic E-state index is 13.4. The van der Waals surface area contributed by atoms with Crippen molar-refractivity contribution in [1.82, 2.24) is 0 Å². The highest BCUT2D eigenvalue weighted by atomic mass is 79.9. The lowest BCUT2D eigenvalue weighted by Gasteiger charge is -2.11. The van der Waals surface area contributed by atoms with Crippen molar-refractivity contribution in [3.05, 3.63) is 91.6 Å².